The molecule has 4 heterocycles. The van der Waals surface area contributed by atoms with Crippen molar-refractivity contribution in [2.75, 3.05) is 0 Å². The number of furan rings is 1. The molecule has 0 unspecified atom stereocenters. The Kier molecular flexibility index (Phi) is 5.93. The maximum atomic E-state index is 13.0. The Balaban J connectivity index is 1.62. The average Bonchev–Trinajstić information content (AvgIpc) is 3.28. The normalized spacial score (nSPS) is 11.1. The highest BCUT2D eigenvalue weighted by molar-refractivity contribution is 6.29. The lowest BCUT2D eigenvalue weighted by molar-refractivity contribution is 0.0946. The number of nitrogens with one attached hydrogen (secondary N) is 2. The molecule has 7 nitrogen and oxygen atoms in total. The van der Waals surface area contributed by atoms with E-state index in [4.69, 9.17) is 21.0 Å². The zero-order valence-electron chi connectivity index (χ0n) is 19.1. The third-order valence-corrected chi connectivity index (χ3v) is 5.76. The number of benzene rings is 1. The number of nitrogens with zero attached hydrogens (tertiary/aromatic N) is 2. The second-order valence-electron chi connectivity index (χ2n) is 8.23. The van der Waals surface area contributed by atoms with Gasteiger partial charge in [-0.3, -0.25) is 9.59 Å². The van der Waals surface area contributed by atoms with E-state index < -0.39 is 5.91 Å². The minimum Gasteiger partial charge on any atom is -0.460 e. The largest absolute Gasteiger partial charge is 0.460 e. The van der Waals surface area contributed by atoms with Gasteiger partial charge < -0.3 is 14.7 Å². The minimum atomic E-state index is -0.398. The molecule has 0 aliphatic carbocycles. The van der Waals surface area contributed by atoms with Crippen LogP contribution in [-0.4, -0.2) is 20.9 Å². The van der Waals surface area contributed by atoms with Crippen LogP contribution < -0.4 is 10.7 Å². The summed E-state index contributed by atoms with van der Waals surface area (Å²) in [6, 6.07) is 19.8. The molecule has 5 rings (SSSR count). The van der Waals surface area contributed by atoms with Crippen LogP contribution in [0.5, 0.6) is 0 Å². The molecule has 1 aromatic carbocycles. The fourth-order valence-electron chi connectivity index (χ4n) is 3.92. The molecule has 8 heteroatoms. The third kappa shape index (κ3) is 4.72. The highest BCUT2D eigenvalue weighted by Gasteiger charge is 2.18. The summed E-state index contributed by atoms with van der Waals surface area (Å²) in [6.45, 7) is 4.02. The quantitative estimate of drug-likeness (QED) is 0.323. The summed E-state index contributed by atoms with van der Waals surface area (Å²) in [7, 11) is 0. The van der Waals surface area contributed by atoms with Gasteiger partial charge in [-0.1, -0.05) is 41.9 Å². The summed E-state index contributed by atoms with van der Waals surface area (Å²) in [6.07, 6.45) is 0. The van der Waals surface area contributed by atoms with E-state index in [2.05, 4.69) is 15.3 Å². The van der Waals surface area contributed by atoms with Crippen LogP contribution in [0.3, 0.4) is 0 Å². The lowest BCUT2D eigenvalue weighted by Gasteiger charge is -2.12. The van der Waals surface area contributed by atoms with Gasteiger partial charge in [-0.05, 0) is 55.3 Å². The zero-order chi connectivity index (χ0) is 24.5. The van der Waals surface area contributed by atoms with Gasteiger partial charge in [0.05, 0.1) is 5.39 Å². The lowest BCUT2D eigenvalue weighted by Crippen LogP contribution is -2.25. The molecule has 0 aliphatic rings. The number of aromatic amines is 1. The van der Waals surface area contributed by atoms with Crippen molar-refractivity contribution in [2.24, 2.45) is 0 Å². The predicted molar refractivity (Wildman–Crippen MR) is 135 cm³/mol. The van der Waals surface area contributed by atoms with E-state index in [9.17, 15) is 9.59 Å². The highest BCUT2D eigenvalue weighted by Crippen LogP contribution is 2.34. The molecule has 4 aromatic heterocycles. The van der Waals surface area contributed by atoms with Crippen LogP contribution in [0.4, 0.5) is 0 Å². The third-order valence-electron chi connectivity index (χ3n) is 5.56. The van der Waals surface area contributed by atoms with Crippen LogP contribution >= 0.6 is 11.6 Å². The first kappa shape index (κ1) is 22.6. The standard InChI is InChI=1S/C27H21ClN4O3/c1-15-10-18(11-24(28)30-15)19-12-20-22(33)13-21(27(34)29-14-17-6-4-3-5-7-17)31-26(20)32-25(19)23-9-8-16(2)35-23/h3-13H,14H2,1-2H3,(H,29,34)(H,31,32,33). The van der Waals surface area contributed by atoms with Crippen LogP contribution in [0.1, 0.15) is 27.5 Å². The van der Waals surface area contributed by atoms with Crippen molar-refractivity contribution in [2.45, 2.75) is 20.4 Å². The fraction of sp³-hybridized carbons (Fsp3) is 0.111. The molecule has 0 spiro atoms. The van der Waals surface area contributed by atoms with Gasteiger partial charge in [0.1, 0.15) is 27.9 Å². The van der Waals surface area contributed by atoms with Gasteiger partial charge in [0.15, 0.2) is 11.2 Å². The number of halogens is 1. The van der Waals surface area contributed by atoms with Gasteiger partial charge in [-0.15, -0.1) is 0 Å². The predicted octanol–water partition coefficient (Wildman–Crippen LogP) is 5.45. The van der Waals surface area contributed by atoms with Crippen molar-refractivity contribution in [3.05, 3.63) is 105 Å². The number of aryl methyl sites for hydroxylation is 2. The summed E-state index contributed by atoms with van der Waals surface area (Å²) in [4.78, 5) is 37.8. The number of amides is 1. The van der Waals surface area contributed by atoms with Gasteiger partial charge in [0, 0.05) is 23.9 Å². The molecule has 1 amide bonds. The van der Waals surface area contributed by atoms with Gasteiger partial charge in [0.2, 0.25) is 0 Å². The number of rotatable bonds is 5. The van der Waals surface area contributed by atoms with Crippen molar-refractivity contribution in [1.29, 1.82) is 0 Å². The number of fused-ring (bicyclic) bond motifs is 1. The summed E-state index contributed by atoms with van der Waals surface area (Å²) >= 11 is 6.21. The molecule has 0 atom stereocenters. The molecule has 35 heavy (non-hydrogen) atoms. The van der Waals surface area contributed by atoms with Crippen LogP contribution in [-0.2, 0) is 6.54 Å². The smallest absolute Gasteiger partial charge is 0.268 e. The van der Waals surface area contributed by atoms with Crippen molar-refractivity contribution < 1.29 is 9.21 Å². The maximum Gasteiger partial charge on any atom is 0.268 e. The van der Waals surface area contributed by atoms with E-state index in [1.165, 1.54) is 6.07 Å². The van der Waals surface area contributed by atoms with Gasteiger partial charge >= 0.3 is 0 Å². The van der Waals surface area contributed by atoms with Crippen LogP contribution in [0.25, 0.3) is 33.6 Å². The number of aromatic nitrogens is 3. The van der Waals surface area contributed by atoms with Crippen molar-refractivity contribution in [3.63, 3.8) is 0 Å². The van der Waals surface area contributed by atoms with Gasteiger partial charge in [0.25, 0.3) is 5.91 Å². The Morgan fingerprint density at radius 1 is 1.03 bits per heavy atom. The van der Waals surface area contributed by atoms with Gasteiger partial charge in [-0.25, -0.2) is 9.97 Å². The molecule has 2 N–H and O–H groups in total. The Morgan fingerprint density at radius 2 is 1.83 bits per heavy atom. The summed E-state index contributed by atoms with van der Waals surface area (Å²) < 4.78 is 5.85. The second-order valence-corrected chi connectivity index (χ2v) is 8.61. The molecule has 0 bridgehead atoms. The van der Waals surface area contributed by atoms with Crippen LogP contribution in [0, 0.1) is 13.8 Å². The average molecular weight is 485 g/mol. The molecule has 0 saturated heterocycles. The number of hydrogen-bond donors (Lipinski definition) is 2. The molecular weight excluding hydrogens is 464 g/mol. The Labute approximate surface area is 205 Å². The number of carbonyl (C=O) groups excluding carboxylic acids is 1. The second kappa shape index (κ2) is 9.19. The first-order valence-electron chi connectivity index (χ1n) is 11.0. The van der Waals surface area contributed by atoms with E-state index >= 15 is 0 Å². The van der Waals surface area contributed by atoms with E-state index in [1.54, 1.807) is 12.1 Å². The SMILES string of the molecule is Cc1cc(-c2cc3c(=O)cc(C(=O)NCc4ccccc4)[nH]c3nc2-c2ccc(C)o2)cc(Cl)n1. The number of hydrogen-bond acceptors (Lipinski definition) is 5. The summed E-state index contributed by atoms with van der Waals surface area (Å²) in [5.41, 5.74) is 3.72. The van der Waals surface area contributed by atoms with E-state index in [1.807, 2.05) is 62.4 Å². The van der Waals surface area contributed by atoms with E-state index in [-0.39, 0.29) is 16.8 Å². The molecule has 174 valence electrons. The molecule has 0 fully saturated rings. The monoisotopic (exact) mass is 484 g/mol. The lowest BCUT2D eigenvalue weighted by atomic mass is 10.0. The van der Waals surface area contributed by atoms with Crippen molar-refractivity contribution in [1.82, 2.24) is 20.3 Å². The first-order valence-corrected chi connectivity index (χ1v) is 11.4. The molecule has 0 saturated carbocycles. The Morgan fingerprint density at radius 3 is 2.54 bits per heavy atom. The molecular formula is C27H21ClN4O3. The maximum absolute atomic E-state index is 13.0. The van der Waals surface area contributed by atoms with Crippen LogP contribution in [0.2, 0.25) is 5.15 Å². The summed E-state index contributed by atoms with van der Waals surface area (Å²) in [5, 5.41) is 3.51. The number of H-pyrrole nitrogens is 1. The fourth-order valence-corrected chi connectivity index (χ4v) is 4.17. The first-order chi connectivity index (χ1) is 16.9. The van der Waals surface area contributed by atoms with E-state index in [0.717, 1.165) is 22.6 Å². The highest BCUT2D eigenvalue weighted by atomic mass is 35.5. The Bertz CT molecular complexity index is 1600. The van der Waals surface area contributed by atoms with Crippen LogP contribution in [0.15, 0.2) is 75.9 Å². The Hall–Kier alpha value is -4.23. The minimum absolute atomic E-state index is 0.128. The molecule has 5 aromatic rings. The topological polar surface area (TPSA) is 101 Å². The number of pyridine rings is 3. The summed E-state index contributed by atoms with van der Waals surface area (Å²) in [5.74, 6) is 0.856. The van der Waals surface area contributed by atoms with E-state index in [0.29, 0.717) is 34.1 Å². The van der Waals surface area contributed by atoms with Gasteiger partial charge in [-0.2, -0.15) is 0 Å². The van der Waals surface area contributed by atoms with Crippen molar-refractivity contribution in [3.8, 4) is 22.6 Å². The zero-order valence-corrected chi connectivity index (χ0v) is 19.8. The molecule has 0 aliphatic heterocycles. The molecule has 0 radical (unpaired) electrons. The number of carbonyl (C=O) groups is 1. The van der Waals surface area contributed by atoms with Crippen molar-refractivity contribution >= 4 is 28.5 Å².